The van der Waals surface area contributed by atoms with E-state index in [1.165, 1.54) is 31.0 Å². The van der Waals surface area contributed by atoms with Crippen molar-refractivity contribution in [3.63, 3.8) is 0 Å². The minimum atomic E-state index is -3.21. The third kappa shape index (κ3) is 3.66. The minimum absolute atomic E-state index is 0.229. The molecule has 1 amide bonds. The number of benzene rings is 1. The van der Waals surface area contributed by atoms with Crippen LogP contribution in [0.15, 0.2) is 29.2 Å². The maximum Gasteiger partial charge on any atom is 0.289 e. The van der Waals surface area contributed by atoms with Crippen LogP contribution in [0.4, 0.5) is 0 Å². The highest BCUT2D eigenvalue weighted by molar-refractivity contribution is 7.90. The second-order valence-corrected chi connectivity index (χ2v) is 6.15. The monoisotopic (exact) mass is 269 g/mol. The van der Waals surface area contributed by atoms with Gasteiger partial charge in [0.2, 0.25) is 5.78 Å². The van der Waals surface area contributed by atoms with Gasteiger partial charge >= 0.3 is 0 Å². The molecule has 6 heteroatoms. The van der Waals surface area contributed by atoms with Crippen LogP contribution >= 0.6 is 0 Å². The molecule has 0 spiro atoms. The van der Waals surface area contributed by atoms with Gasteiger partial charge in [0.25, 0.3) is 5.91 Å². The predicted molar refractivity (Wildman–Crippen MR) is 66.7 cm³/mol. The van der Waals surface area contributed by atoms with Crippen LogP contribution < -0.4 is 0 Å². The van der Waals surface area contributed by atoms with Crippen molar-refractivity contribution in [3.8, 4) is 0 Å². The number of Topliss-reactive ketones (excluding diaryl/α,β-unsaturated/α-hetero) is 1. The van der Waals surface area contributed by atoms with E-state index in [1.807, 2.05) is 0 Å². The molecule has 5 nitrogen and oxygen atoms in total. The molecule has 1 rings (SSSR count). The maximum absolute atomic E-state index is 11.4. The molecular formula is C12H15NO4S. The molecule has 0 heterocycles. The number of likely N-dealkylation sites (N-methyl/N-ethyl adjacent to an activating group) is 1. The van der Waals surface area contributed by atoms with Gasteiger partial charge in [-0.2, -0.15) is 0 Å². The fourth-order valence-corrected chi connectivity index (χ4v) is 2.09. The Hall–Kier alpha value is -1.69. The second-order valence-electron chi connectivity index (χ2n) is 4.13. The van der Waals surface area contributed by atoms with E-state index in [-0.39, 0.29) is 11.4 Å². The molecule has 0 saturated carbocycles. The summed E-state index contributed by atoms with van der Waals surface area (Å²) in [6.45, 7) is 1.48. The van der Waals surface area contributed by atoms with Crippen LogP contribution in [0.3, 0.4) is 0 Å². The first-order valence-corrected chi connectivity index (χ1v) is 7.16. The van der Waals surface area contributed by atoms with Crippen LogP contribution in [-0.4, -0.2) is 38.3 Å². The Kier molecular flexibility index (Phi) is 4.24. The fourth-order valence-electron chi connectivity index (χ4n) is 1.46. The summed E-state index contributed by atoms with van der Waals surface area (Å²) in [5, 5.41) is 0. The van der Waals surface area contributed by atoms with E-state index in [4.69, 9.17) is 0 Å². The third-order valence-corrected chi connectivity index (χ3v) is 3.55. The molecule has 0 radical (unpaired) electrons. The Morgan fingerprint density at radius 3 is 2.06 bits per heavy atom. The molecule has 1 aromatic carbocycles. The minimum Gasteiger partial charge on any atom is -0.335 e. The number of ketones is 1. The van der Waals surface area contributed by atoms with Gasteiger partial charge in [0.05, 0.1) is 4.90 Å². The van der Waals surface area contributed by atoms with Crippen LogP contribution in [0.2, 0.25) is 0 Å². The summed E-state index contributed by atoms with van der Waals surface area (Å²) in [4.78, 5) is 23.8. The number of amides is 1. The molecule has 18 heavy (non-hydrogen) atoms. The smallest absolute Gasteiger partial charge is 0.289 e. The highest BCUT2D eigenvalue weighted by Gasteiger charge is 2.14. The quantitative estimate of drug-likeness (QED) is 0.752. The summed E-state index contributed by atoms with van der Waals surface area (Å²) in [5.41, 5.74) is 0.763. The van der Waals surface area contributed by atoms with Gasteiger partial charge in [-0.1, -0.05) is 12.1 Å². The van der Waals surface area contributed by atoms with Crippen molar-refractivity contribution < 1.29 is 18.0 Å². The Labute approximate surface area is 106 Å². The number of carbonyl (C=O) groups is 2. The lowest BCUT2D eigenvalue weighted by atomic mass is 10.2. The van der Waals surface area contributed by atoms with E-state index in [1.54, 1.807) is 12.1 Å². The lowest BCUT2D eigenvalue weighted by Gasteiger charge is -2.15. The fraction of sp³-hybridized carbons (Fsp3) is 0.333. The number of nitrogens with zero attached hydrogens (tertiary/aromatic N) is 1. The molecule has 0 fully saturated rings. The summed E-state index contributed by atoms with van der Waals surface area (Å²) in [7, 11) is -1.69. The molecule has 0 unspecified atom stereocenters. The second kappa shape index (κ2) is 5.30. The number of rotatable bonds is 4. The zero-order valence-corrected chi connectivity index (χ0v) is 11.3. The molecule has 0 atom stereocenters. The summed E-state index contributed by atoms with van der Waals surface area (Å²) in [5.74, 6) is -1.09. The standard InChI is InChI=1S/C12H15NO4S/c1-9(14)12(15)13(2)8-10-4-6-11(7-5-10)18(3,16)17/h4-7H,8H2,1-3H3. The Morgan fingerprint density at radius 1 is 1.17 bits per heavy atom. The average Bonchev–Trinajstić information content (AvgIpc) is 2.27. The van der Waals surface area contributed by atoms with Gasteiger partial charge in [-0.15, -0.1) is 0 Å². The largest absolute Gasteiger partial charge is 0.335 e. The van der Waals surface area contributed by atoms with Crippen LogP contribution in [-0.2, 0) is 26.0 Å². The Morgan fingerprint density at radius 2 is 1.67 bits per heavy atom. The highest BCUT2D eigenvalue weighted by atomic mass is 32.2. The molecule has 0 N–H and O–H groups in total. The molecule has 0 bridgehead atoms. The number of hydrogen-bond donors (Lipinski definition) is 0. The van der Waals surface area contributed by atoms with Crippen molar-refractivity contribution in [1.29, 1.82) is 0 Å². The van der Waals surface area contributed by atoms with E-state index >= 15 is 0 Å². The number of sulfone groups is 1. The average molecular weight is 269 g/mol. The van der Waals surface area contributed by atoms with Gasteiger partial charge < -0.3 is 4.90 Å². The SMILES string of the molecule is CC(=O)C(=O)N(C)Cc1ccc(S(C)(=O)=O)cc1. The molecule has 0 aliphatic heterocycles. The first-order valence-electron chi connectivity index (χ1n) is 5.27. The molecule has 0 saturated heterocycles. The van der Waals surface area contributed by atoms with Crippen molar-refractivity contribution >= 4 is 21.5 Å². The Bertz CT molecular complexity index is 560. The lowest BCUT2D eigenvalue weighted by molar-refractivity contribution is -0.143. The zero-order chi connectivity index (χ0) is 13.9. The predicted octanol–water partition coefficient (Wildman–Crippen LogP) is 0.637. The summed E-state index contributed by atoms with van der Waals surface area (Å²) in [6, 6.07) is 6.22. The van der Waals surface area contributed by atoms with Gasteiger partial charge in [0, 0.05) is 26.8 Å². The van der Waals surface area contributed by atoms with Crippen molar-refractivity contribution in [2.45, 2.75) is 18.4 Å². The first kappa shape index (κ1) is 14.4. The summed E-state index contributed by atoms with van der Waals surface area (Å²) < 4.78 is 22.5. The highest BCUT2D eigenvalue weighted by Crippen LogP contribution is 2.11. The van der Waals surface area contributed by atoms with E-state index in [2.05, 4.69) is 0 Å². The molecule has 0 aliphatic rings. The van der Waals surface area contributed by atoms with Gasteiger partial charge in [0.1, 0.15) is 0 Å². The van der Waals surface area contributed by atoms with Crippen molar-refractivity contribution in [2.75, 3.05) is 13.3 Å². The third-order valence-electron chi connectivity index (χ3n) is 2.42. The number of hydrogen-bond acceptors (Lipinski definition) is 4. The van der Waals surface area contributed by atoms with Gasteiger partial charge in [-0.3, -0.25) is 9.59 Å². The van der Waals surface area contributed by atoms with Crippen molar-refractivity contribution in [3.05, 3.63) is 29.8 Å². The molecule has 0 aliphatic carbocycles. The van der Waals surface area contributed by atoms with Crippen LogP contribution in [0.5, 0.6) is 0 Å². The van der Waals surface area contributed by atoms with Crippen LogP contribution in [0, 0.1) is 0 Å². The van der Waals surface area contributed by atoms with Crippen LogP contribution in [0.1, 0.15) is 12.5 Å². The van der Waals surface area contributed by atoms with Crippen molar-refractivity contribution in [1.82, 2.24) is 4.90 Å². The van der Waals surface area contributed by atoms with E-state index in [9.17, 15) is 18.0 Å². The van der Waals surface area contributed by atoms with Crippen molar-refractivity contribution in [2.24, 2.45) is 0 Å². The first-order chi connectivity index (χ1) is 8.21. The Balaban J connectivity index is 2.82. The molecular weight excluding hydrogens is 254 g/mol. The molecule has 98 valence electrons. The summed E-state index contributed by atoms with van der Waals surface area (Å²) in [6.07, 6.45) is 1.13. The molecule has 0 aromatic heterocycles. The lowest BCUT2D eigenvalue weighted by Crippen LogP contribution is -2.31. The van der Waals surface area contributed by atoms with E-state index in [0.717, 1.165) is 11.8 Å². The number of carbonyl (C=O) groups excluding carboxylic acids is 2. The van der Waals surface area contributed by atoms with Crippen LogP contribution in [0.25, 0.3) is 0 Å². The van der Waals surface area contributed by atoms with E-state index in [0.29, 0.717) is 0 Å². The van der Waals surface area contributed by atoms with Gasteiger partial charge in [-0.25, -0.2) is 8.42 Å². The van der Waals surface area contributed by atoms with E-state index < -0.39 is 21.5 Å². The van der Waals surface area contributed by atoms with Gasteiger partial charge in [0.15, 0.2) is 9.84 Å². The normalized spacial score (nSPS) is 11.1. The molecule has 1 aromatic rings. The topological polar surface area (TPSA) is 71.5 Å². The van der Waals surface area contributed by atoms with Gasteiger partial charge in [-0.05, 0) is 17.7 Å². The summed E-state index contributed by atoms with van der Waals surface area (Å²) >= 11 is 0. The maximum atomic E-state index is 11.4. The zero-order valence-electron chi connectivity index (χ0n) is 10.5.